The maximum atomic E-state index is 13.9. The number of benzene rings is 1. The van der Waals surface area contributed by atoms with Crippen LogP contribution in [-0.4, -0.2) is 29.1 Å². The number of hydrogen-bond acceptors (Lipinski definition) is 2. The first kappa shape index (κ1) is 15.0. The van der Waals surface area contributed by atoms with Gasteiger partial charge >= 0.3 is 5.97 Å². The third-order valence-electron chi connectivity index (χ3n) is 4.19. The molecule has 1 atom stereocenters. The fourth-order valence-corrected chi connectivity index (χ4v) is 2.73. The number of carboxylic acid groups (broad SMARTS) is 1. The van der Waals surface area contributed by atoms with Crippen LogP contribution in [0.15, 0.2) is 18.2 Å². The lowest BCUT2D eigenvalue weighted by atomic mass is 9.80. The standard InChI is InChI=1S/C16H22FNO2/c1-16(2,3)13-6-7-18(10-13)9-12-5-4-11(15(19)20)8-14(12)17/h4-5,8,13H,6-7,9-10H2,1-3H3,(H,19,20). The van der Waals surface area contributed by atoms with Crippen molar-refractivity contribution in [2.75, 3.05) is 13.1 Å². The summed E-state index contributed by atoms with van der Waals surface area (Å²) in [6.45, 7) is 9.22. The van der Waals surface area contributed by atoms with Crippen molar-refractivity contribution in [3.05, 3.63) is 35.1 Å². The van der Waals surface area contributed by atoms with Crippen molar-refractivity contribution in [1.29, 1.82) is 0 Å². The third-order valence-corrected chi connectivity index (χ3v) is 4.19. The number of carbonyl (C=O) groups is 1. The number of hydrogen-bond donors (Lipinski definition) is 1. The van der Waals surface area contributed by atoms with Crippen LogP contribution in [0.3, 0.4) is 0 Å². The minimum atomic E-state index is -1.09. The predicted octanol–water partition coefficient (Wildman–Crippen LogP) is 3.39. The average Bonchev–Trinajstić information content (AvgIpc) is 2.80. The normalized spacial score (nSPS) is 20.3. The molecule has 0 saturated carbocycles. The van der Waals surface area contributed by atoms with Crippen molar-refractivity contribution in [2.45, 2.75) is 33.7 Å². The van der Waals surface area contributed by atoms with E-state index in [-0.39, 0.29) is 11.0 Å². The van der Waals surface area contributed by atoms with E-state index in [0.717, 1.165) is 25.6 Å². The van der Waals surface area contributed by atoms with Crippen molar-refractivity contribution in [1.82, 2.24) is 4.90 Å². The number of nitrogens with zero attached hydrogens (tertiary/aromatic N) is 1. The lowest BCUT2D eigenvalue weighted by Crippen LogP contribution is -2.26. The molecule has 20 heavy (non-hydrogen) atoms. The molecular formula is C16H22FNO2. The molecule has 1 aliphatic heterocycles. The summed E-state index contributed by atoms with van der Waals surface area (Å²) in [6, 6.07) is 4.16. The Labute approximate surface area is 119 Å². The van der Waals surface area contributed by atoms with Gasteiger partial charge in [0.1, 0.15) is 5.82 Å². The SMILES string of the molecule is CC(C)(C)C1CCN(Cc2ccc(C(=O)O)cc2F)C1. The van der Waals surface area contributed by atoms with Gasteiger partial charge in [0.05, 0.1) is 5.56 Å². The summed E-state index contributed by atoms with van der Waals surface area (Å²) in [5, 5.41) is 8.83. The van der Waals surface area contributed by atoms with Crippen molar-refractivity contribution in [2.24, 2.45) is 11.3 Å². The molecule has 0 bridgehead atoms. The van der Waals surface area contributed by atoms with E-state index < -0.39 is 11.8 Å². The molecule has 1 aromatic rings. The highest BCUT2D eigenvalue weighted by Gasteiger charge is 2.31. The zero-order chi connectivity index (χ0) is 14.9. The van der Waals surface area contributed by atoms with E-state index in [1.54, 1.807) is 6.07 Å². The monoisotopic (exact) mass is 279 g/mol. The zero-order valence-electron chi connectivity index (χ0n) is 12.3. The van der Waals surface area contributed by atoms with Crippen LogP contribution in [0.2, 0.25) is 0 Å². The Morgan fingerprint density at radius 1 is 1.45 bits per heavy atom. The lowest BCUT2D eigenvalue weighted by molar-refractivity contribution is 0.0696. The molecule has 3 nitrogen and oxygen atoms in total. The van der Waals surface area contributed by atoms with Gasteiger partial charge in [-0.3, -0.25) is 4.90 Å². The quantitative estimate of drug-likeness (QED) is 0.922. The maximum absolute atomic E-state index is 13.9. The highest BCUT2D eigenvalue weighted by atomic mass is 19.1. The molecule has 1 heterocycles. The van der Waals surface area contributed by atoms with Gasteiger partial charge < -0.3 is 5.11 Å². The second-order valence-corrected chi connectivity index (χ2v) is 6.70. The van der Waals surface area contributed by atoms with Gasteiger partial charge in [-0.2, -0.15) is 0 Å². The Kier molecular flexibility index (Phi) is 4.14. The Balaban J connectivity index is 2.03. The van der Waals surface area contributed by atoms with Crippen LogP contribution in [0, 0.1) is 17.2 Å². The topological polar surface area (TPSA) is 40.5 Å². The number of aromatic carboxylic acids is 1. The van der Waals surface area contributed by atoms with Gasteiger partial charge in [-0.15, -0.1) is 0 Å². The summed E-state index contributed by atoms with van der Waals surface area (Å²) in [5.74, 6) is -0.891. The van der Waals surface area contributed by atoms with Crippen LogP contribution < -0.4 is 0 Å². The Hall–Kier alpha value is -1.42. The van der Waals surface area contributed by atoms with Crippen LogP contribution in [0.1, 0.15) is 43.1 Å². The van der Waals surface area contributed by atoms with E-state index in [1.807, 2.05) is 0 Å². The van der Waals surface area contributed by atoms with E-state index >= 15 is 0 Å². The second kappa shape index (κ2) is 5.52. The van der Waals surface area contributed by atoms with Crippen molar-refractivity contribution >= 4 is 5.97 Å². The van der Waals surface area contributed by atoms with Crippen molar-refractivity contribution < 1.29 is 14.3 Å². The van der Waals surface area contributed by atoms with E-state index in [4.69, 9.17) is 5.11 Å². The molecule has 0 aromatic heterocycles. The number of likely N-dealkylation sites (tertiary alicyclic amines) is 1. The van der Waals surface area contributed by atoms with Gasteiger partial charge in [0, 0.05) is 18.7 Å². The summed E-state index contributed by atoms with van der Waals surface area (Å²) < 4.78 is 13.9. The minimum Gasteiger partial charge on any atom is -0.478 e. The molecule has 1 aliphatic rings. The summed E-state index contributed by atoms with van der Waals surface area (Å²) in [6.07, 6.45) is 1.14. The van der Waals surface area contributed by atoms with Crippen molar-refractivity contribution in [3.63, 3.8) is 0 Å². The predicted molar refractivity (Wildman–Crippen MR) is 76.2 cm³/mol. The second-order valence-electron chi connectivity index (χ2n) is 6.70. The first-order chi connectivity index (χ1) is 9.27. The number of carboxylic acids is 1. The molecule has 1 aromatic carbocycles. The largest absolute Gasteiger partial charge is 0.478 e. The average molecular weight is 279 g/mol. The van der Waals surface area contributed by atoms with Gasteiger partial charge in [0.15, 0.2) is 0 Å². The molecular weight excluding hydrogens is 257 g/mol. The Morgan fingerprint density at radius 3 is 2.65 bits per heavy atom. The van der Waals surface area contributed by atoms with Crippen LogP contribution in [0.5, 0.6) is 0 Å². The summed E-state index contributed by atoms with van der Waals surface area (Å²) in [4.78, 5) is 13.0. The Bertz CT molecular complexity index is 508. The summed E-state index contributed by atoms with van der Waals surface area (Å²) in [5.41, 5.74) is 0.852. The van der Waals surface area contributed by atoms with Crippen LogP contribution in [-0.2, 0) is 6.54 Å². The van der Waals surface area contributed by atoms with Gasteiger partial charge in [-0.25, -0.2) is 9.18 Å². The Morgan fingerprint density at radius 2 is 2.15 bits per heavy atom. The molecule has 1 N–H and O–H groups in total. The highest BCUT2D eigenvalue weighted by molar-refractivity contribution is 5.87. The lowest BCUT2D eigenvalue weighted by Gasteiger charge is -2.27. The molecule has 0 spiro atoms. The van der Waals surface area contributed by atoms with Crippen molar-refractivity contribution in [3.8, 4) is 0 Å². The van der Waals surface area contributed by atoms with Gasteiger partial charge in [0.25, 0.3) is 0 Å². The molecule has 0 radical (unpaired) electrons. The van der Waals surface area contributed by atoms with Crippen LogP contribution in [0.4, 0.5) is 4.39 Å². The molecule has 2 rings (SSSR count). The smallest absolute Gasteiger partial charge is 0.335 e. The summed E-state index contributed by atoms with van der Waals surface area (Å²) >= 11 is 0. The molecule has 4 heteroatoms. The van der Waals surface area contributed by atoms with Gasteiger partial charge in [-0.05, 0) is 36.4 Å². The maximum Gasteiger partial charge on any atom is 0.335 e. The third kappa shape index (κ3) is 3.37. The fourth-order valence-electron chi connectivity index (χ4n) is 2.73. The van der Waals surface area contributed by atoms with E-state index in [2.05, 4.69) is 25.7 Å². The number of rotatable bonds is 3. The van der Waals surface area contributed by atoms with E-state index in [0.29, 0.717) is 18.0 Å². The first-order valence-corrected chi connectivity index (χ1v) is 7.01. The highest BCUT2D eigenvalue weighted by Crippen LogP contribution is 2.34. The minimum absolute atomic E-state index is 0.000222. The zero-order valence-corrected chi connectivity index (χ0v) is 12.3. The molecule has 1 fully saturated rings. The molecule has 0 amide bonds. The first-order valence-electron chi connectivity index (χ1n) is 7.01. The molecule has 0 aliphatic carbocycles. The molecule has 1 unspecified atom stereocenters. The number of halogens is 1. The molecule has 110 valence electrons. The van der Waals surface area contributed by atoms with Gasteiger partial charge in [-0.1, -0.05) is 26.8 Å². The fraction of sp³-hybridized carbons (Fsp3) is 0.562. The molecule has 1 saturated heterocycles. The van der Waals surface area contributed by atoms with E-state index in [9.17, 15) is 9.18 Å². The van der Waals surface area contributed by atoms with E-state index in [1.165, 1.54) is 6.07 Å². The van der Waals surface area contributed by atoms with Crippen LogP contribution >= 0.6 is 0 Å². The van der Waals surface area contributed by atoms with Crippen LogP contribution in [0.25, 0.3) is 0 Å². The van der Waals surface area contributed by atoms with Gasteiger partial charge in [0.2, 0.25) is 0 Å². The summed E-state index contributed by atoms with van der Waals surface area (Å²) in [7, 11) is 0.